The number of β-amino-alcohol motifs (C(OH)–C–C–N with tert-alkyl or cyclic N) is 1. The van der Waals surface area contributed by atoms with Crippen LogP contribution in [0.3, 0.4) is 0 Å². The van der Waals surface area contributed by atoms with E-state index in [9.17, 15) is 10.1 Å². The molecule has 1 aliphatic rings. The van der Waals surface area contributed by atoms with Crippen molar-refractivity contribution in [3.8, 4) is 0 Å². The fourth-order valence-electron chi connectivity index (χ4n) is 2.11. The van der Waals surface area contributed by atoms with Gasteiger partial charge in [0.2, 0.25) is 5.95 Å². The summed E-state index contributed by atoms with van der Waals surface area (Å²) in [5.74, 6) is 0.524. The Bertz CT molecular complexity index is 425. The van der Waals surface area contributed by atoms with Crippen molar-refractivity contribution in [3.63, 3.8) is 0 Å². The van der Waals surface area contributed by atoms with E-state index in [1.54, 1.807) is 0 Å². The maximum Gasteiger partial charge on any atom is 0.305 e. The Morgan fingerprint density at radius 1 is 1.26 bits per heavy atom. The molecule has 0 atom stereocenters. The van der Waals surface area contributed by atoms with Gasteiger partial charge in [-0.1, -0.05) is 0 Å². The van der Waals surface area contributed by atoms with Gasteiger partial charge in [-0.15, -0.1) is 0 Å². The predicted molar refractivity (Wildman–Crippen MR) is 69.0 cm³/mol. The number of aliphatic hydroxyl groups is 1. The van der Waals surface area contributed by atoms with Crippen molar-refractivity contribution in [2.24, 2.45) is 0 Å². The average Bonchev–Trinajstić information content (AvgIpc) is 2.65. The van der Waals surface area contributed by atoms with E-state index in [0.717, 1.165) is 32.6 Å². The smallest absolute Gasteiger partial charge is 0.305 e. The number of nitrogens with zero attached hydrogens (tertiary/aromatic N) is 5. The Morgan fingerprint density at radius 3 is 2.63 bits per heavy atom. The van der Waals surface area contributed by atoms with Gasteiger partial charge in [-0.05, 0) is 13.0 Å². The zero-order valence-corrected chi connectivity index (χ0v) is 10.6. The standard InChI is InChI=1S/C11H17N5O3/c17-7-6-14-2-1-3-15(5-4-14)11-12-8-10(9-13-11)16(18)19/h8-9,17H,1-7H2. The third kappa shape index (κ3) is 3.58. The molecule has 1 aromatic heterocycles. The van der Waals surface area contributed by atoms with E-state index in [0.29, 0.717) is 12.5 Å². The molecule has 2 heterocycles. The first kappa shape index (κ1) is 13.6. The number of aliphatic hydroxyl groups excluding tert-OH is 1. The van der Waals surface area contributed by atoms with Gasteiger partial charge in [-0.2, -0.15) is 0 Å². The first-order valence-corrected chi connectivity index (χ1v) is 6.25. The lowest BCUT2D eigenvalue weighted by Gasteiger charge is -2.21. The molecule has 0 spiro atoms. The van der Waals surface area contributed by atoms with Gasteiger partial charge >= 0.3 is 5.69 Å². The fourth-order valence-corrected chi connectivity index (χ4v) is 2.11. The SMILES string of the molecule is O=[N+]([O-])c1cnc(N2CCCN(CCO)CC2)nc1. The second-order valence-corrected chi connectivity index (χ2v) is 4.40. The van der Waals surface area contributed by atoms with Crippen molar-refractivity contribution in [1.29, 1.82) is 0 Å². The molecule has 0 saturated carbocycles. The van der Waals surface area contributed by atoms with Crippen molar-refractivity contribution < 1.29 is 10.0 Å². The van der Waals surface area contributed by atoms with Crippen LogP contribution in [0.4, 0.5) is 11.6 Å². The molecular formula is C11H17N5O3. The number of hydrogen-bond donors (Lipinski definition) is 1. The van der Waals surface area contributed by atoms with Crippen LogP contribution in [-0.2, 0) is 0 Å². The molecule has 0 amide bonds. The normalized spacial score (nSPS) is 17.2. The maximum absolute atomic E-state index is 10.5. The summed E-state index contributed by atoms with van der Waals surface area (Å²) in [6.45, 7) is 4.19. The van der Waals surface area contributed by atoms with Crippen LogP contribution in [0.5, 0.6) is 0 Å². The zero-order chi connectivity index (χ0) is 13.7. The third-order valence-electron chi connectivity index (χ3n) is 3.12. The summed E-state index contributed by atoms with van der Waals surface area (Å²) in [5, 5.41) is 19.5. The predicted octanol–water partition coefficient (Wildman–Crippen LogP) is -0.111. The van der Waals surface area contributed by atoms with Gasteiger partial charge in [-0.25, -0.2) is 9.97 Å². The summed E-state index contributed by atoms with van der Waals surface area (Å²) in [6.07, 6.45) is 3.43. The van der Waals surface area contributed by atoms with Crippen LogP contribution >= 0.6 is 0 Å². The summed E-state index contributed by atoms with van der Waals surface area (Å²) in [7, 11) is 0. The van der Waals surface area contributed by atoms with E-state index in [2.05, 4.69) is 14.9 Å². The van der Waals surface area contributed by atoms with Crippen LogP contribution in [-0.4, -0.2) is 64.2 Å². The van der Waals surface area contributed by atoms with E-state index in [1.807, 2.05) is 4.90 Å². The van der Waals surface area contributed by atoms with E-state index in [1.165, 1.54) is 12.4 Å². The van der Waals surface area contributed by atoms with E-state index in [-0.39, 0.29) is 12.3 Å². The van der Waals surface area contributed by atoms with E-state index >= 15 is 0 Å². The molecule has 8 heteroatoms. The van der Waals surface area contributed by atoms with Crippen LogP contribution in [0, 0.1) is 10.1 Å². The molecule has 1 N–H and O–H groups in total. The molecule has 104 valence electrons. The van der Waals surface area contributed by atoms with Crippen LogP contribution in [0.25, 0.3) is 0 Å². The highest BCUT2D eigenvalue weighted by Gasteiger charge is 2.17. The van der Waals surface area contributed by atoms with Gasteiger partial charge in [0.15, 0.2) is 0 Å². The monoisotopic (exact) mass is 267 g/mol. The van der Waals surface area contributed by atoms with Crippen LogP contribution in [0.2, 0.25) is 0 Å². The van der Waals surface area contributed by atoms with Crippen molar-refractivity contribution >= 4 is 11.6 Å². The number of nitro groups is 1. The van der Waals surface area contributed by atoms with Crippen molar-refractivity contribution in [2.45, 2.75) is 6.42 Å². The molecule has 1 aliphatic heterocycles. The highest BCUT2D eigenvalue weighted by atomic mass is 16.6. The topological polar surface area (TPSA) is 95.6 Å². The first-order valence-electron chi connectivity index (χ1n) is 6.25. The quantitative estimate of drug-likeness (QED) is 0.600. The summed E-state index contributed by atoms with van der Waals surface area (Å²) >= 11 is 0. The minimum Gasteiger partial charge on any atom is -0.395 e. The maximum atomic E-state index is 10.5. The molecule has 0 bridgehead atoms. The van der Waals surface area contributed by atoms with Crippen molar-refractivity contribution in [2.75, 3.05) is 44.2 Å². The second kappa shape index (κ2) is 6.39. The number of hydrogen-bond acceptors (Lipinski definition) is 7. The van der Waals surface area contributed by atoms with E-state index < -0.39 is 4.92 Å². The number of rotatable bonds is 4. The lowest BCUT2D eigenvalue weighted by molar-refractivity contribution is -0.385. The van der Waals surface area contributed by atoms with Crippen molar-refractivity contribution in [3.05, 3.63) is 22.5 Å². The molecule has 19 heavy (non-hydrogen) atoms. The summed E-state index contributed by atoms with van der Waals surface area (Å²) < 4.78 is 0. The molecule has 0 unspecified atom stereocenters. The molecule has 0 aromatic carbocycles. The highest BCUT2D eigenvalue weighted by molar-refractivity contribution is 5.34. The number of anilines is 1. The third-order valence-corrected chi connectivity index (χ3v) is 3.12. The van der Waals surface area contributed by atoms with Crippen molar-refractivity contribution in [1.82, 2.24) is 14.9 Å². The summed E-state index contributed by atoms with van der Waals surface area (Å²) in [6, 6.07) is 0. The first-order chi connectivity index (χ1) is 9.20. The minimum atomic E-state index is -0.505. The second-order valence-electron chi connectivity index (χ2n) is 4.40. The van der Waals surface area contributed by atoms with Crippen LogP contribution in [0.15, 0.2) is 12.4 Å². The Labute approximate surface area is 110 Å². The summed E-state index contributed by atoms with van der Waals surface area (Å²) in [4.78, 5) is 22.3. The van der Waals surface area contributed by atoms with Gasteiger partial charge in [0.25, 0.3) is 0 Å². The molecule has 8 nitrogen and oxygen atoms in total. The Balaban J connectivity index is 1.99. The van der Waals surface area contributed by atoms with Gasteiger partial charge < -0.3 is 10.0 Å². The van der Waals surface area contributed by atoms with E-state index in [4.69, 9.17) is 5.11 Å². The molecule has 1 fully saturated rings. The Morgan fingerprint density at radius 2 is 2.00 bits per heavy atom. The molecule has 1 aromatic rings. The number of aromatic nitrogens is 2. The molecule has 0 radical (unpaired) electrons. The van der Waals surface area contributed by atoms with Gasteiger partial charge in [0, 0.05) is 26.2 Å². The van der Waals surface area contributed by atoms with Crippen LogP contribution < -0.4 is 4.90 Å². The largest absolute Gasteiger partial charge is 0.395 e. The molecular weight excluding hydrogens is 250 g/mol. The fraction of sp³-hybridized carbons (Fsp3) is 0.636. The Kier molecular flexibility index (Phi) is 4.58. The lowest BCUT2D eigenvalue weighted by Crippen LogP contribution is -2.33. The molecule has 2 rings (SSSR count). The zero-order valence-electron chi connectivity index (χ0n) is 10.6. The van der Waals surface area contributed by atoms with Crippen LogP contribution in [0.1, 0.15) is 6.42 Å². The molecule has 1 saturated heterocycles. The lowest BCUT2D eigenvalue weighted by atomic mass is 10.4. The minimum absolute atomic E-state index is 0.0968. The van der Waals surface area contributed by atoms with Gasteiger partial charge in [0.1, 0.15) is 12.4 Å². The van der Waals surface area contributed by atoms with Gasteiger partial charge in [0.05, 0.1) is 11.5 Å². The molecule has 0 aliphatic carbocycles. The summed E-state index contributed by atoms with van der Waals surface area (Å²) in [5.41, 5.74) is -0.0968. The average molecular weight is 267 g/mol. The highest BCUT2D eigenvalue weighted by Crippen LogP contribution is 2.14. The van der Waals surface area contributed by atoms with Gasteiger partial charge in [-0.3, -0.25) is 15.0 Å². The Hall–Kier alpha value is -1.80.